The number of alkyl halides is 1. The summed E-state index contributed by atoms with van der Waals surface area (Å²) in [4.78, 5) is 12.4. The van der Waals surface area contributed by atoms with Gasteiger partial charge in [0.1, 0.15) is 0 Å². The number of carbonyl (C=O) groups is 1. The van der Waals surface area contributed by atoms with Crippen molar-refractivity contribution in [1.29, 1.82) is 0 Å². The van der Waals surface area contributed by atoms with E-state index >= 15 is 0 Å². The lowest BCUT2D eigenvalue weighted by Crippen LogP contribution is -2.26. The van der Waals surface area contributed by atoms with Crippen LogP contribution >= 0.6 is 15.9 Å². The van der Waals surface area contributed by atoms with Crippen molar-refractivity contribution < 1.29 is 4.79 Å². The van der Waals surface area contributed by atoms with Gasteiger partial charge in [-0.1, -0.05) is 55.8 Å². The molecule has 21 heavy (non-hydrogen) atoms. The van der Waals surface area contributed by atoms with Crippen molar-refractivity contribution in [2.45, 2.75) is 51.8 Å². The first-order valence-electron chi connectivity index (χ1n) is 7.61. The van der Waals surface area contributed by atoms with Crippen LogP contribution in [0.1, 0.15) is 57.5 Å². The highest BCUT2D eigenvalue weighted by Gasteiger charge is 2.66. The van der Waals surface area contributed by atoms with E-state index in [1.807, 2.05) is 19.9 Å². The number of fused-ring (bicyclic) bond motifs is 1. The number of nitrogens with one attached hydrogen (secondary N) is 1. The molecular formula is C18H24BrNO. The van der Waals surface area contributed by atoms with Crippen molar-refractivity contribution in [1.82, 2.24) is 0 Å². The van der Waals surface area contributed by atoms with Crippen LogP contribution in [0.3, 0.4) is 0 Å². The SMILES string of the molecule is CC1(C)C(=O)Nc2ccc(C(Br)C3C(C)(C)C3(C)C)cc21. The molecule has 0 spiro atoms. The smallest absolute Gasteiger partial charge is 0.234 e. The third-order valence-corrected chi connectivity index (χ3v) is 7.33. The summed E-state index contributed by atoms with van der Waals surface area (Å²) in [5.41, 5.74) is 3.59. The standard InChI is InChI=1S/C18H24BrNO/c1-16(2)11-9-10(7-8-12(11)20-15(16)21)13(19)14-17(3,4)18(14,5)6/h7-9,13-14H,1-6H3,(H,20,21). The number of carbonyl (C=O) groups excluding carboxylic acids is 1. The molecule has 1 heterocycles. The fourth-order valence-electron chi connectivity index (χ4n) is 3.93. The van der Waals surface area contributed by atoms with Gasteiger partial charge in [0.2, 0.25) is 5.91 Å². The minimum absolute atomic E-state index is 0.0906. The first-order valence-corrected chi connectivity index (χ1v) is 8.53. The van der Waals surface area contributed by atoms with Gasteiger partial charge in [-0.2, -0.15) is 0 Å². The molecule has 1 atom stereocenters. The minimum Gasteiger partial charge on any atom is -0.325 e. The first-order chi connectivity index (χ1) is 9.51. The summed E-state index contributed by atoms with van der Waals surface area (Å²) < 4.78 is 0. The Morgan fingerprint density at radius 3 is 2.19 bits per heavy atom. The lowest BCUT2D eigenvalue weighted by Gasteiger charge is -2.18. The summed E-state index contributed by atoms with van der Waals surface area (Å²) in [6, 6.07) is 6.40. The highest BCUT2D eigenvalue weighted by atomic mass is 79.9. The number of halogens is 1. The van der Waals surface area contributed by atoms with Gasteiger partial charge in [0.25, 0.3) is 0 Å². The average molecular weight is 350 g/mol. The highest BCUT2D eigenvalue weighted by Crippen LogP contribution is 2.74. The molecule has 2 nitrogen and oxygen atoms in total. The topological polar surface area (TPSA) is 29.1 Å². The molecule has 114 valence electrons. The molecule has 1 aliphatic heterocycles. The third kappa shape index (κ3) is 1.86. The fraction of sp³-hybridized carbons (Fsp3) is 0.611. The predicted octanol–water partition coefficient (Wildman–Crippen LogP) is 5.03. The monoisotopic (exact) mass is 349 g/mol. The van der Waals surface area contributed by atoms with E-state index in [1.165, 1.54) is 5.56 Å². The molecule has 1 saturated carbocycles. The average Bonchev–Trinajstić information content (AvgIpc) is 2.65. The van der Waals surface area contributed by atoms with Gasteiger partial charge in [0, 0.05) is 10.5 Å². The maximum Gasteiger partial charge on any atom is 0.234 e. The Bertz CT molecular complexity index is 616. The molecule has 3 heteroatoms. The number of amides is 1. The molecule has 3 rings (SSSR count). The Hall–Kier alpha value is -0.830. The lowest BCUT2D eigenvalue weighted by molar-refractivity contribution is -0.119. The van der Waals surface area contributed by atoms with Gasteiger partial charge < -0.3 is 5.32 Å². The van der Waals surface area contributed by atoms with Crippen molar-refractivity contribution in [2.75, 3.05) is 5.32 Å². The van der Waals surface area contributed by atoms with E-state index in [0.717, 1.165) is 11.3 Å². The van der Waals surface area contributed by atoms with Crippen LogP contribution in [0.25, 0.3) is 0 Å². The normalized spacial score (nSPS) is 26.1. The maximum atomic E-state index is 12.1. The van der Waals surface area contributed by atoms with Gasteiger partial charge in [-0.3, -0.25) is 4.79 Å². The van der Waals surface area contributed by atoms with Crippen LogP contribution in [0.4, 0.5) is 5.69 Å². The third-order valence-electron chi connectivity index (χ3n) is 6.28. The number of rotatable bonds is 2. The van der Waals surface area contributed by atoms with Crippen LogP contribution in [0.2, 0.25) is 0 Å². The number of hydrogen-bond acceptors (Lipinski definition) is 1. The van der Waals surface area contributed by atoms with Crippen LogP contribution in [-0.2, 0) is 10.2 Å². The van der Waals surface area contributed by atoms with E-state index in [0.29, 0.717) is 21.6 Å². The van der Waals surface area contributed by atoms with Crippen LogP contribution in [0.15, 0.2) is 18.2 Å². The van der Waals surface area contributed by atoms with Crippen molar-refractivity contribution in [3.8, 4) is 0 Å². The molecule has 1 aromatic rings. The van der Waals surface area contributed by atoms with Crippen molar-refractivity contribution >= 4 is 27.5 Å². The Balaban J connectivity index is 1.97. The van der Waals surface area contributed by atoms with Gasteiger partial charge in [-0.15, -0.1) is 0 Å². The zero-order chi connectivity index (χ0) is 15.8. The van der Waals surface area contributed by atoms with Crippen molar-refractivity contribution in [3.63, 3.8) is 0 Å². The van der Waals surface area contributed by atoms with Gasteiger partial charge >= 0.3 is 0 Å². The lowest BCUT2D eigenvalue weighted by atomic mass is 9.84. The van der Waals surface area contributed by atoms with Gasteiger partial charge in [-0.25, -0.2) is 0 Å². The molecule has 1 aromatic carbocycles. The van der Waals surface area contributed by atoms with Crippen LogP contribution in [-0.4, -0.2) is 5.91 Å². The second kappa shape index (κ2) is 4.13. The Morgan fingerprint density at radius 1 is 1.10 bits per heavy atom. The summed E-state index contributed by atoms with van der Waals surface area (Å²) in [5.74, 6) is 0.698. The van der Waals surface area contributed by atoms with Crippen LogP contribution in [0.5, 0.6) is 0 Å². The number of benzene rings is 1. The molecule has 0 saturated heterocycles. The van der Waals surface area contributed by atoms with Gasteiger partial charge in [-0.05, 0) is 47.8 Å². The molecule has 2 aliphatic rings. The second-order valence-corrected chi connectivity index (χ2v) is 9.19. The van der Waals surface area contributed by atoms with E-state index in [1.54, 1.807) is 0 Å². The maximum absolute atomic E-state index is 12.1. The molecule has 1 fully saturated rings. The largest absolute Gasteiger partial charge is 0.325 e. The summed E-state index contributed by atoms with van der Waals surface area (Å²) in [7, 11) is 0. The Kier molecular flexibility index (Phi) is 2.96. The fourth-order valence-corrected chi connectivity index (χ4v) is 5.54. The number of anilines is 1. The van der Waals surface area contributed by atoms with Crippen molar-refractivity contribution in [3.05, 3.63) is 29.3 Å². The molecule has 0 bridgehead atoms. The Labute approximate surface area is 135 Å². The van der Waals surface area contributed by atoms with E-state index in [2.05, 4.69) is 61.1 Å². The minimum atomic E-state index is -0.438. The molecule has 1 unspecified atom stereocenters. The van der Waals surface area contributed by atoms with E-state index in [4.69, 9.17) is 0 Å². The molecule has 1 N–H and O–H groups in total. The summed E-state index contributed by atoms with van der Waals surface area (Å²) in [6.45, 7) is 13.4. The van der Waals surface area contributed by atoms with Crippen LogP contribution in [0, 0.1) is 16.7 Å². The first kappa shape index (κ1) is 15.1. The van der Waals surface area contributed by atoms with Crippen LogP contribution < -0.4 is 5.32 Å². The second-order valence-electron chi connectivity index (χ2n) is 8.21. The van der Waals surface area contributed by atoms with Gasteiger partial charge in [0.15, 0.2) is 0 Å². The molecule has 1 aliphatic carbocycles. The molecular weight excluding hydrogens is 326 g/mol. The molecule has 0 radical (unpaired) electrons. The van der Waals surface area contributed by atoms with E-state index in [9.17, 15) is 4.79 Å². The quantitative estimate of drug-likeness (QED) is 0.745. The van der Waals surface area contributed by atoms with Gasteiger partial charge in [0.05, 0.1) is 5.41 Å². The Morgan fingerprint density at radius 2 is 1.67 bits per heavy atom. The van der Waals surface area contributed by atoms with E-state index in [-0.39, 0.29) is 5.91 Å². The zero-order valence-electron chi connectivity index (χ0n) is 13.7. The summed E-state index contributed by atoms with van der Waals surface area (Å²) in [5, 5.41) is 2.98. The summed E-state index contributed by atoms with van der Waals surface area (Å²) in [6.07, 6.45) is 0. The number of hydrogen-bond donors (Lipinski definition) is 1. The highest BCUT2D eigenvalue weighted by molar-refractivity contribution is 9.09. The van der Waals surface area contributed by atoms with Crippen molar-refractivity contribution in [2.24, 2.45) is 16.7 Å². The summed E-state index contributed by atoms with van der Waals surface area (Å²) >= 11 is 3.92. The molecule has 1 amide bonds. The molecule has 0 aromatic heterocycles. The van der Waals surface area contributed by atoms with E-state index < -0.39 is 5.41 Å². The predicted molar refractivity (Wildman–Crippen MR) is 90.8 cm³/mol. The zero-order valence-corrected chi connectivity index (χ0v) is 15.3.